The summed E-state index contributed by atoms with van der Waals surface area (Å²) in [6.45, 7) is 12.4. The molecule has 0 saturated carbocycles. The second-order valence-electron chi connectivity index (χ2n) is 41.0. The van der Waals surface area contributed by atoms with E-state index in [1.165, 1.54) is 231 Å². The Morgan fingerprint density at radius 1 is 0.153 bits per heavy atom. The van der Waals surface area contributed by atoms with E-state index in [0.717, 1.165) is 244 Å². The molecule has 0 fully saturated rings. The van der Waals surface area contributed by atoms with Crippen LogP contribution in [0.3, 0.4) is 0 Å². The van der Waals surface area contributed by atoms with Gasteiger partial charge in [-0.05, 0) is 193 Å². The van der Waals surface area contributed by atoms with Crippen molar-refractivity contribution in [3.8, 4) is 0 Å². The summed E-state index contributed by atoms with van der Waals surface area (Å²) in [5, 5.41) is 0. The number of carbonyl (C=O) groups excluding carboxylic acids is 6. The predicted molar refractivity (Wildman–Crippen MR) is 603 cm³/mol. The number of hydrogen-bond acceptors (Lipinski definition) is 18. The van der Waals surface area contributed by atoms with Crippen LogP contribution in [-0.2, 0) is 85.6 Å². The van der Waals surface area contributed by atoms with Crippen molar-refractivity contribution in [3.05, 3.63) is 72.9 Å². The molecule has 0 aromatic carbocycles. The van der Waals surface area contributed by atoms with E-state index in [9.17, 15) is 28.8 Å². The van der Waals surface area contributed by atoms with Gasteiger partial charge in [-0.3, -0.25) is 28.8 Å². The second-order valence-corrected chi connectivity index (χ2v) is 41.0. The SMILES string of the molecule is CCCCCCCC/C=C\CCCCCCCC(=O)OCCOC[C@H](OCCOC(=O)CCCCCCC/C=C\CCCCCCCC)[C@@H](OCCOC(=O)CCCCCCC/C=C\CCCCCCCC)[C@H](OCCOC(=O)CCCCCCC/C=C\CCCCCCCC)[C@@H](COCCOC(=O)CCCCCCC/C=C\CCCCCCCC)OCCOC(=O)CCCCCCC/C=C\CCCCCCCC. The number of ether oxygens (including phenoxy) is 12. The first kappa shape index (κ1) is 139. The monoisotopic (exact) mass is 2030 g/mol. The first-order valence-electron chi connectivity index (χ1n) is 61.5. The summed E-state index contributed by atoms with van der Waals surface area (Å²) in [7, 11) is 0. The second kappa shape index (κ2) is 120. The van der Waals surface area contributed by atoms with Crippen LogP contribution in [0.15, 0.2) is 72.9 Å². The first-order valence-corrected chi connectivity index (χ1v) is 61.5. The third-order valence-corrected chi connectivity index (χ3v) is 27.1. The lowest BCUT2D eigenvalue weighted by Gasteiger charge is -2.37. The minimum Gasteiger partial charge on any atom is -0.463 e. The Morgan fingerprint density at radius 3 is 0.444 bits per heavy atom. The van der Waals surface area contributed by atoms with Gasteiger partial charge in [-0.15, -0.1) is 0 Å². The molecule has 0 aliphatic heterocycles. The average Bonchev–Trinajstić information content (AvgIpc) is 0.838. The van der Waals surface area contributed by atoms with Gasteiger partial charge in [0.25, 0.3) is 0 Å². The van der Waals surface area contributed by atoms with E-state index >= 15 is 0 Å². The lowest BCUT2D eigenvalue weighted by molar-refractivity contribution is -0.207. The van der Waals surface area contributed by atoms with Crippen molar-refractivity contribution >= 4 is 35.8 Å². The molecule has 842 valence electrons. The van der Waals surface area contributed by atoms with Gasteiger partial charge in [-0.2, -0.15) is 0 Å². The molecule has 0 aromatic rings. The average molecular weight is 2030 g/mol. The van der Waals surface area contributed by atoms with Gasteiger partial charge in [0.15, 0.2) is 0 Å². The lowest BCUT2D eigenvalue weighted by Crippen LogP contribution is -2.53. The maximum absolute atomic E-state index is 13.7. The van der Waals surface area contributed by atoms with Crippen molar-refractivity contribution in [2.75, 3.05) is 92.5 Å². The highest BCUT2D eigenvalue weighted by atomic mass is 16.6. The van der Waals surface area contributed by atoms with Gasteiger partial charge < -0.3 is 56.8 Å². The summed E-state index contributed by atoms with van der Waals surface area (Å²) < 4.78 is 75.8. The zero-order valence-electron chi connectivity index (χ0n) is 94.9. The Morgan fingerprint density at radius 2 is 0.285 bits per heavy atom. The van der Waals surface area contributed by atoms with Crippen LogP contribution in [0.5, 0.6) is 0 Å². The van der Waals surface area contributed by atoms with Crippen LogP contribution < -0.4 is 0 Å². The Kier molecular flexibility index (Phi) is 116. The van der Waals surface area contributed by atoms with E-state index in [-0.39, 0.29) is 154 Å². The number of allylic oxidation sites excluding steroid dienone is 12. The Hall–Kier alpha value is -4.98. The third-order valence-electron chi connectivity index (χ3n) is 27.1. The molecule has 0 spiro atoms. The molecular weight excluding hydrogens is 1800 g/mol. The van der Waals surface area contributed by atoms with Gasteiger partial charge in [0.05, 0.1) is 52.9 Å². The van der Waals surface area contributed by atoms with Crippen molar-refractivity contribution in [3.63, 3.8) is 0 Å². The maximum Gasteiger partial charge on any atom is 0.305 e. The molecule has 0 bridgehead atoms. The molecule has 0 heterocycles. The zero-order chi connectivity index (χ0) is 104. The highest BCUT2D eigenvalue weighted by Crippen LogP contribution is 2.25. The molecule has 0 radical (unpaired) electrons. The molecule has 18 nitrogen and oxygen atoms in total. The fourth-order valence-electron chi connectivity index (χ4n) is 18.0. The van der Waals surface area contributed by atoms with Gasteiger partial charge in [0.1, 0.15) is 64.1 Å². The summed E-state index contributed by atoms with van der Waals surface area (Å²) in [6, 6.07) is 0. The molecule has 0 N–H and O–H groups in total. The molecule has 0 saturated heterocycles. The minimum absolute atomic E-state index is 0.00314. The van der Waals surface area contributed by atoms with E-state index in [1.807, 2.05) is 0 Å². The largest absolute Gasteiger partial charge is 0.463 e. The highest BCUT2D eigenvalue weighted by molar-refractivity contribution is 5.71. The van der Waals surface area contributed by atoms with Gasteiger partial charge in [0.2, 0.25) is 0 Å². The molecule has 4 atom stereocenters. The van der Waals surface area contributed by atoms with Crippen molar-refractivity contribution in [2.45, 2.75) is 605 Å². The van der Waals surface area contributed by atoms with Crippen molar-refractivity contribution < 1.29 is 85.6 Å². The van der Waals surface area contributed by atoms with Crippen LogP contribution in [-0.4, -0.2) is 153 Å². The standard InChI is InChI=1S/C126H230O18/c1-7-13-19-25-31-37-43-49-55-61-67-73-79-85-91-97-119(127)137-105-103-133-115-117(135-107-109-139-121(129)99-93-87-81-75-69-63-57-51-45-39-33-27-21-15-9-3)125(143-113-111-141-123(131)101-95-89-83-77-71-65-59-53-47-41-35-29-23-17-11-5)126(144-114-112-142-124(132)102-96-90-84-78-72-66-60-54-48-42-36-30-24-18-12-6)118(136-108-110-140-122(130)100-94-88-82-76-70-64-58-52-46-40-34-28-22-16-10-4)116-134-104-106-138-120(128)98-92-86-80-74-68-62-56-50-44-38-32-26-20-14-8-2/h49-60,117-118,125-126H,7-48,61-116H2,1-6H3/b55-49-,56-50-,57-51-,58-52-,59-53-,60-54-/t117-,118+,125-,126-/m1/s1. The third kappa shape index (κ3) is 108. The number of esters is 6. The molecular formula is C126H230O18. The van der Waals surface area contributed by atoms with Crippen LogP contribution in [0.1, 0.15) is 581 Å². The summed E-state index contributed by atoms with van der Waals surface area (Å²) in [5.41, 5.74) is 0. The van der Waals surface area contributed by atoms with Crippen LogP contribution in [0.25, 0.3) is 0 Å². The summed E-state index contributed by atoms with van der Waals surface area (Å²) >= 11 is 0. The first-order chi connectivity index (χ1) is 71.1. The topological polar surface area (TPSA) is 213 Å². The normalized spacial score (nSPS) is 12.8. The Balaban J connectivity index is 7.43. The number of carbonyl (C=O) groups is 6. The van der Waals surface area contributed by atoms with E-state index in [2.05, 4.69) is 114 Å². The number of unbranched alkanes of at least 4 members (excludes halogenated alkanes) is 66. The predicted octanol–water partition coefficient (Wildman–Crippen LogP) is 36.0. The zero-order valence-corrected chi connectivity index (χ0v) is 94.9. The summed E-state index contributed by atoms with van der Waals surface area (Å²) in [6.07, 6.45) is 115. The van der Waals surface area contributed by atoms with E-state index < -0.39 is 24.4 Å². The lowest BCUT2D eigenvalue weighted by atomic mass is 10.0. The molecule has 18 heteroatoms. The molecule has 0 aromatic heterocycles. The van der Waals surface area contributed by atoms with Crippen LogP contribution in [0.2, 0.25) is 0 Å². The van der Waals surface area contributed by atoms with Gasteiger partial charge >= 0.3 is 35.8 Å². The summed E-state index contributed by atoms with van der Waals surface area (Å²) in [4.78, 5) is 81.1. The summed E-state index contributed by atoms with van der Waals surface area (Å²) in [5.74, 6) is -1.95. The smallest absolute Gasteiger partial charge is 0.305 e. The van der Waals surface area contributed by atoms with E-state index in [0.29, 0.717) is 38.5 Å². The van der Waals surface area contributed by atoms with Crippen molar-refractivity contribution in [2.24, 2.45) is 0 Å². The van der Waals surface area contributed by atoms with Crippen molar-refractivity contribution in [1.82, 2.24) is 0 Å². The maximum atomic E-state index is 13.7. The number of hydrogen-bond donors (Lipinski definition) is 0. The number of rotatable bonds is 119. The Labute approximate surface area is 887 Å². The van der Waals surface area contributed by atoms with Crippen LogP contribution in [0.4, 0.5) is 0 Å². The van der Waals surface area contributed by atoms with Crippen LogP contribution >= 0.6 is 0 Å². The van der Waals surface area contributed by atoms with Gasteiger partial charge in [-0.1, -0.05) is 423 Å². The molecule has 144 heavy (non-hydrogen) atoms. The fourth-order valence-corrected chi connectivity index (χ4v) is 18.0. The molecule has 0 amide bonds. The van der Waals surface area contributed by atoms with Crippen molar-refractivity contribution in [1.29, 1.82) is 0 Å². The van der Waals surface area contributed by atoms with E-state index in [1.54, 1.807) is 0 Å². The van der Waals surface area contributed by atoms with Crippen LogP contribution in [0, 0.1) is 0 Å². The van der Waals surface area contributed by atoms with Gasteiger partial charge in [-0.25, -0.2) is 0 Å². The molecule has 0 aliphatic carbocycles. The van der Waals surface area contributed by atoms with Gasteiger partial charge in [0, 0.05) is 38.5 Å². The minimum atomic E-state index is -1.14. The molecule has 0 rings (SSSR count). The van der Waals surface area contributed by atoms with E-state index in [4.69, 9.17) is 56.8 Å². The Bertz CT molecular complexity index is 2680. The quantitative estimate of drug-likeness (QED) is 0.0240. The molecule has 0 aliphatic rings. The highest BCUT2D eigenvalue weighted by Gasteiger charge is 2.39. The fraction of sp³-hybridized carbons (Fsp3) is 0.857. The molecule has 0 unspecified atom stereocenters.